The summed E-state index contributed by atoms with van der Waals surface area (Å²) in [6.07, 6.45) is 1.99. The summed E-state index contributed by atoms with van der Waals surface area (Å²) in [5.41, 5.74) is 2.47. The van der Waals surface area contributed by atoms with E-state index in [0.717, 1.165) is 29.8 Å². The second-order valence-corrected chi connectivity index (χ2v) is 7.69. The summed E-state index contributed by atoms with van der Waals surface area (Å²) in [4.78, 5) is 24.7. The molecule has 2 rings (SSSR count). The maximum Gasteiger partial charge on any atom is 0.410 e. The van der Waals surface area contributed by atoms with E-state index in [-0.39, 0.29) is 18.6 Å². The first-order valence-corrected chi connectivity index (χ1v) is 8.83. The predicted molar refractivity (Wildman–Crippen MR) is 93.7 cm³/mol. The van der Waals surface area contributed by atoms with Crippen LogP contribution in [-0.4, -0.2) is 50.5 Å². The van der Waals surface area contributed by atoms with Crippen molar-refractivity contribution in [2.24, 2.45) is 0 Å². The molecule has 1 aromatic heterocycles. The number of amides is 1. The molecule has 0 unspecified atom stereocenters. The number of carbonyl (C=O) groups excluding carboxylic acids is 1. The maximum atomic E-state index is 12.2. The fourth-order valence-corrected chi connectivity index (χ4v) is 3.27. The van der Waals surface area contributed by atoms with Gasteiger partial charge in [0.2, 0.25) is 0 Å². The quantitative estimate of drug-likeness (QED) is 0.901. The molecule has 0 spiro atoms. The van der Waals surface area contributed by atoms with E-state index in [0.29, 0.717) is 19.5 Å². The van der Waals surface area contributed by atoms with Gasteiger partial charge < -0.3 is 14.7 Å². The Balaban J connectivity index is 2.00. The highest BCUT2D eigenvalue weighted by Gasteiger charge is 2.29. The third kappa shape index (κ3) is 4.96. The van der Waals surface area contributed by atoms with E-state index in [2.05, 4.69) is 5.10 Å². The van der Waals surface area contributed by atoms with Crippen LogP contribution >= 0.6 is 0 Å². The molecule has 140 valence electrons. The molecule has 1 fully saturated rings. The van der Waals surface area contributed by atoms with Crippen molar-refractivity contribution in [2.45, 2.75) is 71.9 Å². The van der Waals surface area contributed by atoms with Gasteiger partial charge in [0.1, 0.15) is 5.60 Å². The van der Waals surface area contributed by atoms with Gasteiger partial charge in [0.25, 0.3) is 0 Å². The first kappa shape index (κ1) is 19.3. The van der Waals surface area contributed by atoms with Crippen molar-refractivity contribution in [3.8, 4) is 0 Å². The Hall–Kier alpha value is -2.05. The zero-order chi connectivity index (χ0) is 18.8. The van der Waals surface area contributed by atoms with Gasteiger partial charge in [-0.25, -0.2) is 4.79 Å². The Morgan fingerprint density at radius 3 is 2.36 bits per heavy atom. The minimum atomic E-state index is -0.794. The van der Waals surface area contributed by atoms with Crippen LogP contribution in [0, 0.1) is 13.8 Å². The first-order chi connectivity index (χ1) is 11.6. The Morgan fingerprint density at radius 2 is 1.84 bits per heavy atom. The average molecular weight is 351 g/mol. The highest BCUT2D eigenvalue weighted by atomic mass is 16.6. The number of aliphatic carboxylic acids is 1. The minimum Gasteiger partial charge on any atom is -0.481 e. The third-order valence-corrected chi connectivity index (χ3v) is 4.53. The zero-order valence-electron chi connectivity index (χ0n) is 15.8. The molecule has 1 aromatic rings. The van der Waals surface area contributed by atoms with Gasteiger partial charge in [-0.1, -0.05) is 0 Å². The van der Waals surface area contributed by atoms with E-state index in [1.165, 1.54) is 0 Å². The van der Waals surface area contributed by atoms with E-state index in [1.54, 1.807) is 4.90 Å². The molecular weight excluding hydrogens is 322 g/mol. The number of ether oxygens (including phenoxy) is 1. The number of carbonyl (C=O) groups is 2. The summed E-state index contributed by atoms with van der Waals surface area (Å²) >= 11 is 0. The molecular formula is C18H29N3O4. The van der Waals surface area contributed by atoms with E-state index >= 15 is 0 Å². The Labute approximate surface area is 148 Å². The van der Waals surface area contributed by atoms with E-state index < -0.39 is 11.6 Å². The summed E-state index contributed by atoms with van der Waals surface area (Å²) in [5, 5.41) is 13.5. The number of rotatable bonds is 4. The lowest BCUT2D eigenvalue weighted by atomic mass is 10.0. The van der Waals surface area contributed by atoms with Crippen molar-refractivity contribution >= 4 is 12.1 Å². The highest BCUT2D eigenvalue weighted by Crippen LogP contribution is 2.27. The van der Waals surface area contributed by atoms with Crippen molar-refractivity contribution in [2.75, 3.05) is 13.1 Å². The summed E-state index contributed by atoms with van der Waals surface area (Å²) < 4.78 is 7.44. The third-order valence-electron chi connectivity index (χ3n) is 4.53. The molecule has 7 nitrogen and oxygen atoms in total. The van der Waals surface area contributed by atoms with Crippen LogP contribution in [0.5, 0.6) is 0 Å². The lowest BCUT2D eigenvalue weighted by Gasteiger charge is -2.34. The number of carboxylic acid groups (broad SMARTS) is 1. The number of hydrogen-bond acceptors (Lipinski definition) is 4. The Morgan fingerprint density at radius 1 is 1.24 bits per heavy atom. The maximum absolute atomic E-state index is 12.2. The topological polar surface area (TPSA) is 84.7 Å². The smallest absolute Gasteiger partial charge is 0.410 e. The molecule has 1 amide bonds. The molecule has 0 atom stereocenters. The molecule has 1 aliphatic rings. The van der Waals surface area contributed by atoms with E-state index in [1.807, 2.05) is 39.3 Å². The molecule has 7 heteroatoms. The molecule has 1 saturated heterocycles. The number of nitrogens with zero attached hydrogens (tertiary/aromatic N) is 3. The lowest BCUT2D eigenvalue weighted by Crippen LogP contribution is -2.42. The molecule has 2 heterocycles. The monoisotopic (exact) mass is 351 g/mol. The van der Waals surface area contributed by atoms with Gasteiger partial charge in [-0.3, -0.25) is 9.48 Å². The van der Waals surface area contributed by atoms with E-state index in [9.17, 15) is 9.59 Å². The van der Waals surface area contributed by atoms with Crippen LogP contribution in [0.3, 0.4) is 0 Å². The van der Waals surface area contributed by atoms with Crippen molar-refractivity contribution in [3.05, 3.63) is 17.0 Å². The van der Waals surface area contributed by atoms with Crippen molar-refractivity contribution in [1.29, 1.82) is 0 Å². The molecule has 0 radical (unpaired) electrons. The second-order valence-electron chi connectivity index (χ2n) is 7.69. The zero-order valence-corrected chi connectivity index (χ0v) is 15.8. The van der Waals surface area contributed by atoms with Gasteiger partial charge in [-0.15, -0.1) is 0 Å². The van der Waals surface area contributed by atoms with Crippen LogP contribution in [0.4, 0.5) is 4.79 Å². The van der Waals surface area contributed by atoms with Crippen LogP contribution in [0.25, 0.3) is 0 Å². The molecule has 0 saturated carbocycles. The van der Waals surface area contributed by atoms with Crippen LogP contribution < -0.4 is 0 Å². The van der Waals surface area contributed by atoms with Gasteiger partial charge in [0.05, 0.1) is 11.7 Å². The van der Waals surface area contributed by atoms with Crippen molar-refractivity contribution < 1.29 is 19.4 Å². The van der Waals surface area contributed by atoms with Gasteiger partial charge in [0, 0.05) is 25.2 Å². The van der Waals surface area contributed by atoms with Crippen LogP contribution in [-0.2, 0) is 16.0 Å². The molecule has 1 aliphatic heterocycles. The van der Waals surface area contributed by atoms with Gasteiger partial charge in [0.15, 0.2) is 0 Å². The fraction of sp³-hybridized carbons (Fsp3) is 0.722. The van der Waals surface area contributed by atoms with Crippen molar-refractivity contribution in [3.63, 3.8) is 0 Å². The number of likely N-dealkylation sites (tertiary alicyclic amines) is 1. The molecule has 0 bridgehead atoms. The Bertz CT molecular complexity index is 637. The lowest BCUT2D eigenvalue weighted by molar-refractivity contribution is -0.136. The standard InChI is InChI=1S/C18H29N3O4/c1-12-15(6-7-16(22)23)13(2)21(19-12)14-8-10-20(11-9-14)17(24)25-18(3,4)5/h14H,6-11H2,1-5H3,(H,22,23). The molecule has 0 aromatic carbocycles. The highest BCUT2D eigenvalue weighted by molar-refractivity contribution is 5.68. The number of carboxylic acids is 1. The van der Waals surface area contributed by atoms with Gasteiger partial charge in [-0.05, 0) is 59.4 Å². The summed E-state index contributed by atoms with van der Waals surface area (Å²) in [5.74, 6) is -0.794. The van der Waals surface area contributed by atoms with Crippen LogP contribution in [0.1, 0.15) is 63.0 Å². The summed E-state index contributed by atoms with van der Waals surface area (Å²) in [7, 11) is 0. The number of aryl methyl sites for hydroxylation is 1. The number of hydrogen-bond donors (Lipinski definition) is 1. The predicted octanol–water partition coefficient (Wildman–Crippen LogP) is 3.09. The molecule has 25 heavy (non-hydrogen) atoms. The van der Waals surface area contributed by atoms with Gasteiger partial charge >= 0.3 is 12.1 Å². The average Bonchev–Trinajstić information content (AvgIpc) is 2.78. The number of aromatic nitrogens is 2. The summed E-state index contributed by atoms with van der Waals surface area (Å²) in [6.45, 7) is 10.8. The van der Waals surface area contributed by atoms with Crippen LogP contribution in [0.15, 0.2) is 0 Å². The second kappa shape index (κ2) is 7.45. The van der Waals surface area contributed by atoms with Crippen LogP contribution in [0.2, 0.25) is 0 Å². The normalized spacial score (nSPS) is 16.1. The minimum absolute atomic E-state index is 0.116. The molecule has 0 aliphatic carbocycles. The summed E-state index contributed by atoms with van der Waals surface area (Å²) in [6, 6.07) is 0.232. The van der Waals surface area contributed by atoms with Gasteiger partial charge in [-0.2, -0.15) is 5.10 Å². The number of piperidine rings is 1. The van der Waals surface area contributed by atoms with E-state index in [4.69, 9.17) is 9.84 Å². The molecule has 1 N–H and O–H groups in total. The van der Waals surface area contributed by atoms with Crippen molar-refractivity contribution in [1.82, 2.24) is 14.7 Å². The largest absolute Gasteiger partial charge is 0.481 e. The first-order valence-electron chi connectivity index (χ1n) is 8.83. The fourth-order valence-electron chi connectivity index (χ4n) is 3.27. The Kier molecular flexibility index (Phi) is 5.75. The SMILES string of the molecule is Cc1nn(C2CCN(C(=O)OC(C)(C)C)CC2)c(C)c1CCC(=O)O.